The van der Waals surface area contributed by atoms with E-state index in [1.54, 1.807) is 36.4 Å². The minimum Gasteiger partial charge on any atom is -0.442 e. The molecular formula is C31H37FN7O9P2+. The molecule has 0 spiro atoms. The van der Waals surface area contributed by atoms with Crippen molar-refractivity contribution in [3.63, 3.8) is 0 Å². The Balaban J connectivity index is 1.45. The minimum absolute atomic E-state index is 0.0210. The molecule has 10 N–H and O–H groups in total. The van der Waals surface area contributed by atoms with Crippen molar-refractivity contribution in [1.29, 1.82) is 0 Å². The molecule has 4 amide bonds. The van der Waals surface area contributed by atoms with Crippen molar-refractivity contribution in [1.82, 2.24) is 15.6 Å². The Labute approximate surface area is 287 Å². The van der Waals surface area contributed by atoms with Crippen molar-refractivity contribution in [2.75, 3.05) is 29.9 Å². The number of nitrogens with two attached hydrogens (primary N) is 2. The fourth-order valence-electron chi connectivity index (χ4n) is 5.03. The van der Waals surface area contributed by atoms with Crippen molar-refractivity contribution in [3.05, 3.63) is 95.6 Å². The maximum absolute atomic E-state index is 15.3. The van der Waals surface area contributed by atoms with Gasteiger partial charge in [-0.2, -0.15) is 4.89 Å². The van der Waals surface area contributed by atoms with Crippen LogP contribution in [0.2, 0.25) is 0 Å². The molecule has 50 heavy (non-hydrogen) atoms. The van der Waals surface area contributed by atoms with E-state index in [2.05, 4.69) is 16.1 Å². The van der Waals surface area contributed by atoms with Gasteiger partial charge in [-0.05, 0) is 51.6 Å². The van der Waals surface area contributed by atoms with Crippen LogP contribution in [0, 0.1) is 5.82 Å². The molecular weight excluding hydrogens is 695 g/mol. The third-order valence-corrected chi connectivity index (χ3v) is 10.8. The van der Waals surface area contributed by atoms with Gasteiger partial charge in [0.05, 0.1) is 31.0 Å². The molecule has 4 rings (SSSR count). The standard InChI is InChI=1S/C31H36FN7O9P2/c1-19(40)35-15-26-18-39(31(42)48-26)25-10-11-27(28(32)13-25)22-6-2-21(3-7-22)16-38(17-24(14-33)37-34)30(41)36-23-8-4-20(5-9-23)12-29(49(43)44)50(45,46)47/h2-11,13-14,26,29,37H,12,15-18,33-34H2,1H3,(H4-,35,36,40,41,43,44,45,46,47)/p+1/b24-14-/t26-,29?/m0/s1. The monoisotopic (exact) mass is 732 g/mol. The van der Waals surface area contributed by atoms with Gasteiger partial charge in [-0.25, -0.2) is 14.0 Å². The highest BCUT2D eigenvalue weighted by atomic mass is 31.2. The normalized spacial score (nSPS) is 15.6. The number of halogens is 1. The summed E-state index contributed by atoms with van der Waals surface area (Å²) in [5.74, 6) is 4.71. The molecule has 0 saturated carbocycles. The number of carbonyl (C=O) groups excluding carboxylic acids is 3. The highest BCUT2D eigenvalue weighted by Crippen LogP contribution is 2.53. The van der Waals surface area contributed by atoms with Crippen LogP contribution >= 0.6 is 15.6 Å². The second kappa shape index (κ2) is 16.7. The number of hydrazine groups is 1. The van der Waals surface area contributed by atoms with Crippen LogP contribution in [-0.4, -0.2) is 68.7 Å². The van der Waals surface area contributed by atoms with Gasteiger partial charge in [0.15, 0.2) is 0 Å². The third kappa shape index (κ3) is 10.1. The highest BCUT2D eigenvalue weighted by Gasteiger charge is 2.45. The Morgan fingerprint density at radius 2 is 1.80 bits per heavy atom. The molecule has 0 aliphatic carbocycles. The molecule has 3 aromatic carbocycles. The summed E-state index contributed by atoms with van der Waals surface area (Å²) in [5.41, 5.74) is 10.9. The van der Waals surface area contributed by atoms with Crippen LogP contribution in [-0.2, 0) is 31.6 Å². The molecule has 3 aromatic rings. The van der Waals surface area contributed by atoms with E-state index in [9.17, 15) is 38.2 Å². The predicted octanol–water partition coefficient (Wildman–Crippen LogP) is 3.03. The molecule has 0 bridgehead atoms. The van der Waals surface area contributed by atoms with Gasteiger partial charge in [0, 0.05) is 37.3 Å². The SMILES string of the molecule is CC(=O)NC[C@H]1CN(c2ccc(-c3ccc(CN(C/C(=C/N)NN)C(=O)Nc4ccc(CC([P+](=O)O)P(=O)(O)O)cc4)cc3)c(F)c2)C(=O)O1. The molecule has 1 aliphatic rings. The molecule has 16 nitrogen and oxygen atoms in total. The molecule has 1 heterocycles. The lowest BCUT2D eigenvalue weighted by Gasteiger charge is -2.24. The van der Waals surface area contributed by atoms with Gasteiger partial charge < -0.3 is 41.2 Å². The quantitative estimate of drug-likeness (QED) is 0.0677. The average molecular weight is 733 g/mol. The summed E-state index contributed by atoms with van der Waals surface area (Å²) in [6.45, 7) is 1.70. The number of hydrogen-bond donors (Lipinski definition) is 8. The fourth-order valence-corrected chi connectivity index (χ4v) is 6.87. The summed E-state index contributed by atoms with van der Waals surface area (Å²) in [6, 6.07) is 16.5. The largest absolute Gasteiger partial charge is 0.522 e. The van der Waals surface area contributed by atoms with Gasteiger partial charge >= 0.3 is 27.7 Å². The van der Waals surface area contributed by atoms with Gasteiger partial charge in [-0.3, -0.25) is 20.1 Å². The molecule has 0 aromatic heterocycles. The van der Waals surface area contributed by atoms with Crippen LogP contribution in [0.15, 0.2) is 78.6 Å². The Hall–Kier alpha value is -4.89. The Bertz CT molecular complexity index is 1810. The van der Waals surface area contributed by atoms with E-state index >= 15 is 4.39 Å². The second-order valence-electron chi connectivity index (χ2n) is 11.3. The number of nitrogens with zero attached hydrogens (tertiary/aromatic N) is 2. The number of anilines is 2. The number of rotatable bonds is 14. The zero-order valence-corrected chi connectivity index (χ0v) is 28.5. The van der Waals surface area contributed by atoms with E-state index < -0.39 is 45.1 Å². The van der Waals surface area contributed by atoms with E-state index in [1.807, 2.05) is 0 Å². The van der Waals surface area contributed by atoms with Crippen LogP contribution in [0.4, 0.5) is 25.4 Å². The maximum Gasteiger partial charge on any atom is 0.522 e. The number of ether oxygens (including phenoxy) is 1. The van der Waals surface area contributed by atoms with Crippen LogP contribution in [0.3, 0.4) is 0 Å². The van der Waals surface area contributed by atoms with Crippen molar-refractivity contribution < 1.29 is 47.3 Å². The van der Waals surface area contributed by atoms with Gasteiger partial charge in [-0.15, -0.1) is 0 Å². The highest BCUT2D eigenvalue weighted by molar-refractivity contribution is 7.65. The van der Waals surface area contributed by atoms with Crippen LogP contribution in [0.1, 0.15) is 18.1 Å². The summed E-state index contributed by atoms with van der Waals surface area (Å²) in [5, 5.41) is 3.56. The van der Waals surface area contributed by atoms with Crippen molar-refractivity contribution in [2.45, 2.75) is 31.4 Å². The summed E-state index contributed by atoms with van der Waals surface area (Å²) in [7, 11) is -7.96. The first kappa shape index (κ1) is 37.9. The van der Waals surface area contributed by atoms with Gasteiger partial charge in [0.2, 0.25) is 5.91 Å². The first-order chi connectivity index (χ1) is 23.7. The summed E-state index contributed by atoms with van der Waals surface area (Å²) in [6.07, 6.45) is -0.349. The molecule has 0 radical (unpaired) electrons. The number of urea groups is 1. The molecule has 2 unspecified atom stereocenters. The van der Waals surface area contributed by atoms with Crippen molar-refractivity contribution in [3.8, 4) is 11.1 Å². The first-order valence-electron chi connectivity index (χ1n) is 15.0. The molecule has 1 fully saturated rings. The summed E-state index contributed by atoms with van der Waals surface area (Å²) in [4.78, 5) is 67.7. The summed E-state index contributed by atoms with van der Waals surface area (Å²) >= 11 is 0. The topological polar surface area (TPSA) is 250 Å². The number of benzene rings is 3. The van der Waals surface area contributed by atoms with E-state index in [0.717, 1.165) is 0 Å². The van der Waals surface area contributed by atoms with Crippen LogP contribution in [0.5, 0.6) is 0 Å². The first-order valence-corrected chi connectivity index (χ1v) is 18.0. The Morgan fingerprint density at radius 1 is 1.14 bits per heavy atom. The third-order valence-electron chi connectivity index (χ3n) is 7.66. The van der Waals surface area contributed by atoms with E-state index in [0.29, 0.717) is 33.8 Å². The maximum atomic E-state index is 15.3. The van der Waals surface area contributed by atoms with E-state index in [1.165, 1.54) is 53.3 Å². The minimum atomic E-state index is -4.82. The molecule has 1 aliphatic heterocycles. The van der Waals surface area contributed by atoms with Crippen LogP contribution < -0.4 is 32.5 Å². The number of hydrogen-bond acceptors (Lipinski definition) is 9. The number of nitrogens with one attached hydrogen (secondary N) is 3. The van der Waals surface area contributed by atoms with Crippen molar-refractivity contribution >= 4 is 45.0 Å². The van der Waals surface area contributed by atoms with Gasteiger partial charge in [0.25, 0.3) is 5.40 Å². The van der Waals surface area contributed by atoms with Gasteiger partial charge in [0.1, 0.15) is 11.9 Å². The van der Waals surface area contributed by atoms with Gasteiger partial charge in [-0.1, -0.05) is 36.4 Å². The number of cyclic esters (lactones) is 1. The molecule has 19 heteroatoms. The van der Waals surface area contributed by atoms with Crippen molar-refractivity contribution in [2.24, 2.45) is 11.6 Å². The molecule has 266 valence electrons. The molecule has 3 atom stereocenters. The number of amides is 4. The lowest BCUT2D eigenvalue weighted by atomic mass is 10.0. The predicted molar refractivity (Wildman–Crippen MR) is 183 cm³/mol. The van der Waals surface area contributed by atoms with E-state index in [4.69, 9.17) is 16.3 Å². The number of carbonyl (C=O) groups is 3. The van der Waals surface area contributed by atoms with Crippen LogP contribution in [0.25, 0.3) is 11.1 Å². The summed E-state index contributed by atoms with van der Waals surface area (Å²) < 4.78 is 43.6. The Kier molecular flexibility index (Phi) is 12.6. The lowest BCUT2D eigenvalue weighted by Crippen LogP contribution is -2.39. The fraction of sp³-hybridized carbons (Fsp3) is 0.258. The Morgan fingerprint density at radius 3 is 2.36 bits per heavy atom. The average Bonchev–Trinajstić information content (AvgIpc) is 3.45. The second-order valence-corrected chi connectivity index (χ2v) is 14.7. The molecule has 1 saturated heterocycles. The lowest BCUT2D eigenvalue weighted by molar-refractivity contribution is -0.119. The zero-order chi connectivity index (χ0) is 36.6. The zero-order valence-electron chi connectivity index (χ0n) is 26.7. The van der Waals surface area contributed by atoms with E-state index in [-0.39, 0.29) is 44.1 Å². The smallest absolute Gasteiger partial charge is 0.442 e.